The monoisotopic (exact) mass is 128 g/mol. The van der Waals surface area contributed by atoms with Crippen molar-refractivity contribution >= 4 is 0 Å². The Morgan fingerprint density at radius 1 is 1.22 bits per heavy atom. The average Bonchev–Trinajstić information content (AvgIpc) is 2.40. The van der Waals surface area contributed by atoms with Crippen LogP contribution < -0.4 is 0 Å². The third kappa shape index (κ3) is 0.983. The molecule has 0 aliphatic heterocycles. The van der Waals surface area contributed by atoms with Crippen LogP contribution in [0.15, 0.2) is 0 Å². The first-order chi connectivity index (χ1) is 4.09. The lowest BCUT2D eigenvalue weighted by molar-refractivity contribution is 0.0801. The Hall–Kier alpha value is -0.0400. The van der Waals surface area contributed by atoms with Crippen molar-refractivity contribution in [3.63, 3.8) is 0 Å². The van der Waals surface area contributed by atoms with Gasteiger partial charge in [-0.05, 0) is 31.1 Å². The molecule has 54 valence electrons. The Balaban J connectivity index is 2.52. The SMILES string of the molecule is CC(C)C1([C@H](C)O)CC1. The number of hydrogen-bond acceptors (Lipinski definition) is 1. The maximum Gasteiger partial charge on any atom is 0.0570 e. The molecule has 0 saturated heterocycles. The summed E-state index contributed by atoms with van der Waals surface area (Å²) in [6.07, 6.45) is 2.35. The molecule has 1 fully saturated rings. The van der Waals surface area contributed by atoms with E-state index >= 15 is 0 Å². The summed E-state index contributed by atoms with van der Waals surface area (Å²) in [5.74, 6) is 0.650. The first-order valence-corrected chi connectivity index (χ1v) is 3.77. The number of aliphatic hydroxyl groups is 1. The van der Waals surface area contributed by atoms with Gasteiger partial charge in [-0.25, -0.2) is 0 Å². The molecule has 1 aliphatic carbocycles. The van der Waals surface area contributed by atoms with E-state index in [1.165, 1.54) is 12.8 Å². The van der Waals surface area contributed by atoms with Crippen LogP contribution in [0.4, 0.5) is 0 Å². The fraction of sp³-hybridized carbons (Fsp3) is 1.00. The summed E-state index contributed by atoms with van der Waals surface area (Å²) in [5.41, 5.74) is 0.306. The zero-order valence-electron chi connectivity index (χ0n) is 6.52. The van der Waals surface area contributed by atoms with Crippen LogP contribution in [0.25, 0.3) is 0 Å². The van der Waals surface area contributed by atoms with Gasteiger partial charge in [0.25, 0.3) is 0 Å². The summed E-state index contributed by atoms with van der Waals surface area (Å²) in [4.78, 5) is 0. The lowest BCUT2D eigenvalue weighted by atomic mass is 9.88. The van der Waals surface area contributed by atoms with Crippen LogP contribution >= 0.6 is 0 Å². The standard InChI is InChI=1S/C8H16O/c1-6(2)8(4-5-8)7(3)9/h6-7,9H,4-5H2,1-3H3/t7-/m0/s1. The van der Waals surface area contributed by atoms with Crippen LogP contribution in [0.3, 0.4) is 0 Å². The van der Waals surface area contributed by atoms with Crippen molar-refractivity contribution in [2.45, 2.75) is 39.7 Å². The third-order valence-corrected chi connectivity index (χ3v) is 2.81. The molecule has 0 aromatic heterocycles. The van der Waals surface area contributed by atoms with Crippen molar-refractivity contribution in [2.24, 2.45) is 11.3 Å². The second-order valence-corrected chi connectivity index (χ2v) is 3.56. The molecule has 0 aromatic carbocycles. The average molecular weight is 128 g/mol. The Kier molecular flexibility index (Phi) is 1.55. The van der Waals surface area contributed by atoms with Gasteiger partial charge in [0.1, 0.15) is 0 Å². The van der Waals surface area contributed by atoms with E-state index < -0.39 is 0 Å². The van der Waals surface area contributed by atoms with Crippen molar-refractivity contribution in [3.05, 3.63) is 0 Å². The van der Waals surface area contributed by atoms with Crippen molar-refractivity contribution < 1.29 is 5.11 Å². The minimum Gasteiger partial charge on any atom is -0.393 e. The maximum absolute atomic E-state index is 9.31. The van der Waals surface area contributed by atoms with Crippen LogP contribution in [0.1, 0.15) is 33.6 Å². The molecule has 1 nitrogen and oxygen atoms in total. The summed E-state index contributed by atoms with van der Waals surface area (Å²) < 4.78 is 0. The molecule has 0 radical (unpaired) electrons. The highest BCUT2D eigenvalue weighted by molar-refractivity contribution is 4.99. The van der Waals surface area contributed by atoms with Gasteiger partial charge < -0.3 is 5.11 Å². The number of rotatable bonds is 2. The van der Waals surface area contributed by atoms with Crippen LogP contribution in [-0.4, -0.2) is 11.2 Å². The summed E-state index contributed by atoms with van der Waals surface area (Å²) in [5, 5.41) is 9.31. The van der Waals surface area contributed by atoms with E-state index in [1.54, 1.807) is 0 Å². The predicted octanol–water partition coefficient (Wildman–Crippen LogP) is 1.80. The summed E-state index contributed by atoms with van der Waals surface area (Å²) >= 11 is 0. The number of aliphatic hydroxyl groups excluding tert-OH is 1. The summed E-state index contributed by atoms with van der Waals surface area (Å²) in [6, 6.07) is 0. The Morgan fingerprint density at radius 3 is 1.67 bits per heavy atom. The molecule has 1 aliphatic rings. The van der Waals surface area contributed by atoms with E-state index in [4.69, 9.17) is 0 Å². The molecule has 1 atom stereocenters. The quantitative estimate of drug-likeness (QED) is 0.601. The van der Waals surface area contributed by atoms with Gasteiger partial charge in [0.05, 0.1) is 6.10 Å². The number of hydrogen-bond donors (Lipinski definition) is 1. The molecular formula is C8H16O. The van der Waals surface area contributed by atoms with Crippen molar-refractivity contribution in [3.8, 4) is 0 Å². The lowest BCUT2D eigenvalue weighted by Gasteiger charge is -2.22. The van der Waals surface area contributed by atoms with Crippen molar-refractivity contribution in [1.82, 2.24) is 0 Å². The molecule has 0 bridgehead atoms. The van der Waals surface area contributed by atoms with Gasteiger partial charge in [0.2, 0.25) is 0 Å². The van der Waals surface area contributed by atoms with E-state index in [0.717, 1.165) is 0 Å². The maximum atomic E-state index is 9.31. The van der Waals surface area contributed by atoms with Gasteiger partial charge >= 0.3 is 0 Å². The third-order valence-electron chi connectivity index (χ3n) is 2.81. The van der Waals surface area contributed by atoms with E-state index in [0.29, 0.717) is 11.3 Å². The second-order valence-electron chi connectivity index (χ2n) is 3.56. The van der Waals surface area contributed by atoms with Crippen LogP contribution in [0.5, 0.6) is 0 Å². The zero-order valence-corrected chi connectivity index (χ0v) is 6.52. The smallest absolute Gasteiger partial charge is 0.0570 e. The molecular weight excluding hydrogens is 112 g/mol. The fourth-order valence-electron chi connectivity index (χ4n) is 1.62. The molecule has 0 spiro atoms. The predicted molar refractivity (Wildman–Crippen MR) is 38.2 cm³/mol. The van der Waals surface area contributed by atoms with Gasteiger partial charge in [-0.15, -0.1) is 0 Å². The van der Waals surface area contributed by atoms with Crippen LogP contribution in [-0.2, 0) is 0 Å². The summed E-state index contributed by atoms with van der Waals surface area (Å²) in [7, 11) is 0. The molecule has 1 saturated carbocycles. The molecule has 1 rings (SSSR count). The first-order valence-electron chi connectivity index (χ1n) is 3.77. The molecule has 0 heterocycles. The fourth-order valence-corrected chi connectivity index (χ4v) is 1.62. The van der Waals surface area contributed by atoms with E-state index in [9.17, 15) is 5.11 Å². The highest BCUT2D eigenvalue weighted by atomic mass is 16.3. The van der Waals surface area contributed by atoms with E-state index in [-0.39, 0.29) is 6.10 Å². The summed E-state index contributed by atoms with van der Waals surface area (Å²) in [6.45, 7) is 6.30. The topological polar surface area (TPSA) is 20.2 Å². The highest BCUT2D eigenvalue weighted by Gasteiger charge is 2.48. The van der Waals surface area contributed by atoms with Crippen LogP contribution in [0.2, 0.25) is 0 Å². The van der Waals surface area contributed by atoms with Gasteiger partial charge in [-0.3, -0.25) is 0 Å². The molecule has 9 heavy (non-hydrogen) atoms. The Bertz CT molecular complexity index is 91.1. The first kappa shape index (κ1) is 7.07. The van der Waals surface area contributed by atoms with Gasteiger partial charge in [0.15, 0.2) is 0 Å². The molecule has 1 heteroatoms. The van der Waals surface area contributed by atoms with Crippen molar-refractivity contribution in [1.29, 1.82) is 0 Å². The molecule has 0 amide bonds. The second kappa shape index (κ2) is 1.98. The zero-order chi connectivity index (χ0) is 7.07. The lowest BCUT2D eigenvalue weighted by Crippen LogP contribution is -2.23. The largest absolute Gasteiger partial charge is 0.393 e. The van der Waals surface area contributed by atoms with E-state index in [2.05, 4.69) is 13.8 Å². The Labute approximate surface area is 57.1 Å². The minimum absolute atomic E-state index is 0.0995. The van der Waals surface area contributed by atoms with Gasteiger partial charge in [-0.2, -0.15) is 0 Å². The highest BCUT2D eigenvalue weighted by Crippen LogP contribution is 2.54. The van der Waals surface area contributed by atoms with E-state index in [1.807, 2.05) is 6.92 Å². The minimum atomic E-state index is -0.0995. The molecule has 0 unspecified atom stereocenters. The van der Waals surface area contributed by atoms with Crippen molar-refractivity contribution in [2.75, 3.05) is 0 Å². The van der Waals surface area contributed by atoms with Gasteiger partial charge in [-0.1, -0.05) is 13.8 Å². The Morgan fingerprint density at radius 2 is 1.67 bits per heavy atom. The van der Waals surface area contributed by atoms with Gasteiger partial charge in [0, 0.05) is 0 Å². The molecule has 0 aromatic rings. The van der Waals surface area contributed by atoms with Crippen LogP contribution in [0, 0.1) is 11.3 Å². The normalized spacial score (nSPS) is 26.3. The molecule has 1 N–H and O–H groups in total.